The quantitative estimate of drug-likeness (QED) is 0.425. The van der Waals surface area contributed by atoms with E-state index < -0.39 is 0 Å². The highest BCUT2D eigenvalue weighted by Gasteiger charge is 2.14. The van der Waals surface area contributed by atoms with Crippen LogP contribution >= 0.6 is 0 Å². The molecule has 0 aliphatic rings. The molecule has 0 fully saturated rings. The highest BCUT2D eigenvalue weighted by atomic mass is 16.2. The fourth-order valence-corrected chi connectivity index (χ4v) is 2.93. The predicted molar refractivity (Wildman–Crippen MR) is 113 cm³/mol. The van der Waals surface area contributed by atoms with E-state index in [9.17, 15) is 4.79 Å². The number of aromatic nitrogens is 3. The minimum atomic E-state index is -0.00455. The zero-order valence-corrected chi connectivity index (χ0v) is 16.4. The van der Waals surface area contributed by atoms with Crippen LogP contribution in [0.3, 0.4) is 0 Å². The second kappa shape index (κ2) is 9.18. The molecule has 148 valence electrons. The average Bonchev–Trinajstić information content (AvgIpc) is 3.16. The van der Waals surface area contributed by atoms with Crippen molar-refractivity contribution in [1.82, 2.24) is 9.97 Å². The Hall–Kier alpha value is -3.13. The first kappa shape index (κ1) is 19.6. The van der Waals surface area contributed by atoms with Crippen LogP contribution in [0.1, 0.15) is 26.2 Å². The standard InChI is InChI=1S/C20H27N7O/c1-14(28)27(2)16-8-6-15(7-9-16)24-20-25-18(22-12-5-3-4-11-21)17-10-13-23-19(17)26-20/h6-10,13H,3-5,11-12,21H2,1-2H3,(H3,22,23,24,25,26)/p+1. The van der Waals surface area contributed by atoms with Gasteiger partial charge in [-0.1, -0.05) is 4.98 Å². The van der Waals surface area contributed by atoms with E-state index in [2.05, 4.69) is 25.6 Å². The maximum atomic E-state index is 11.5. The SMILES string of the molecule is CC(=O)N(C)c1ccc(Nc2nc3[nH]ccc3c(NCCCCCN)[nH+]2)cc1. The molecular formula is C20H28N7O+. The number of nitrogens with two attached hydrogens (primary N) is 1. The van der Waals surface area contributed by atoms with Gasteiger partial charge in [0.15, 0.2) is 0 Å². The highest BCUT2D eigenvalue weighted by Crippen LogP contribution is 2.21. The molecule has 2 heterocycles. The van der Waals surface area contributed by atoms with Crippen molar-refractivity contribution < 1.29 is 9.78 Å². The largest absolute Gasteiger partial charge is 0.351 e. The van der Waals surface area contributed by atoms with Gasteiger partial charge in [0.1, 0.15) is 0 Å². The van der Waals surface area contributed by atoms with Crippen molar-refractivity contribution >= 4 is 40.1 Å². The first-order valence-corrected chi connectivity index (χ1v) is 9.54. The molecule has 6 N–H and O–H groups in total. The normalized spacial score (nSPS) is 10.8. The number of nitrogens with one attached hydrogen (secondary N) is 4. The summed E-state index contributed by atoms with van der Waals surface area (Å²) in [6.45, 7) is 3.14. The first-order valence-electron chi connectivity index (χ1n) is 9.54. The molecule has 0 atom stereocenters. The zero-order valence-electron chi connectivity index (χ0n) is 16.4. The van der Waals surface area contributed by atoms with Crippen LogP contribution < -0.4 is 26.3 Å². The fraction of sp³-hybridized carbons (Fsp3) is 0.350. The first-order chi connectivity index (χ1) is 13.6. The molecule has 0 aliphatic heterocycles. The van der Waals surface area contributed by atoms with Gasteiger partial charge in [0.2, 0.25) is 17.4 Å². The van der Waals surface area contributed by atoms with Gasteiger partial charge in [0.25, 0.3) is 0 Å². The second-order valence-corrected chi connectivity index (χ2v) is 6.73. The number of fused-ring (bicyclic) bond motifs is 1. The van der Waals surface area contributed by atoms with Crippen molar-refractivity contribution in [3.8, 4) is 0 Å². The lowest BCUT2D eigenvalue weighted by Crippen LogP contribution is -2.22. The average molecular weight is 382 g/mol. The number of rotatable bonds is 9. The number of nitrogens with zero attached hydrogens (tertiary/aromatic N) is 2. The minimum absolute atomic E-state index is 0.00455. The van der Waals surface area contributed by atoms with Gasteiger partial charge in [0, 0.05) is 32.4 Å². The molecule has 3 aromatic rings. The Bertz CT molecular complexity index is 920. The Morgan fingerprint density at radius 3 is 2.71 bits per heavy atom. The number of unbranched alkanes of at least 4 members (excludes halogenated alkanes) is 2. The summed E-state index contributed by atoms with van der Waals surface area (Å²) < 4.78 is 0. The molecule has 0 spiro atoms. The van der Waals surface area contributed by atoms with Crippen LogP contribution in [0.25, 0.3) is 11.0 Å². The second-order valence-electron chi connectivity index (χ2n) is 6.73. The van der Waals surface area contributed by atoms with Crippen molar-refractivity contribution in [2.75, 3.05) is 35.7 Å². The molecule has 8 heteroatoms. The maximum absolute atomic E-state index is 11.5. The number of anilines is 4. The Morgan fingerprint density at radius 2 is 2.00 bits per heavy atom. The van der Waals surface area contributed by atoms with Gasteiger partial charge in [-0.15, -0.1) is 0 Å². The fourth-order valence-electron chi connectivity index (χ4n) is 2.93. The van der Waals surface area contributed by atoms with E-state index in [1.54, 1.807) is 18.9 Å². The van der Waals surface area contributed by atoms with Crippen molar-refractivity contribution in [2.24, 2.45) is 5.73 Å². The number of hydrogen-bond donors (Lipinski definition) is 4. The molecule has 8 nitrogen and oxygen atoms in total. The summed E-state index contributed by atoms with van der Waals surface area (Å²) >= 11 is 0. The van der Waals surface area contributed by atoms with Gasteiger partial charge in [-0.05, 0) is 56.1 Å². The maximum Gasteiger partial charge on any atom is 0.351 e. The van der Waals surface area contributed by atoms with Crippen LogP contribution in [0.4, 0.5) is 23.1 Å². The molecule has 0 saturated heterocycles. The topological polar surface area (TPSA) is 113 Å². The number of amides is 1. The summed E-state index contributed by atoms with van der Waals surface area (Å²) in [6.07, 6.45) is 5.09. The molecular weight excluding hydrogens is 354 g/mol. The van der Waals surface area contributed by atoms with Gasteiger partial charge in [-0.2, -0.15) is 0 Å². The van der Waals surface area contributed by atoms with Crippen LogP contribution in [0.15, 0.2) is 36.5 Å². The van der Waals surface area contributed by atoms with Crippen molar-refractivity contribution in [3.05, 3.63) is 36.5 Å². The molecule has 28 heavy (non-hydrogen) atoms. The van der Waals surface area contributed by atoms with E-state index in [0.717, 1.165) is 60.6 Å². The third-order valence-corrected chi connectivity index (χ3v) is 4.63. The summed E-state index contributed by atoms with van der Waals surface area (Å²) in [6, 6.07) is 9.63. The van der Waals surface area contributed by atoms with Gasteiger partial charge in [0.05, 0.1) is 11.1 Å². The molecule has 1 amide bonds. The van der Waals surface area contributed by atoms with Crippen LogP contribution in [-0.2, 0) is 4.79 Å². The molecule has 1 aromatic carbocycles. The van der Waals surface area contributed by atoms with Crippen LogP contribution in [0, 0.1) is 0 Å². The number of aromatic amines is 2. The smallest absolute Gasteiger partial charge is 0.336 e. The summed E-state index contributed by atoms with van der Waals surface area (Å²) in [5, 5.41) is 7.76. The summed E-state index contributed by atoms with van der Waals surface area (Å²) in [4.78, 5) is 24.2. The molecule has 0 bridgehead atoms. The Morgan fingerprint density at radius 1 is 1.21 bits per heavy atom. The third kappa shape index (κ3) is 4.77. The summed E-state index contributed by atoms with van der Waals surface area (Å²) in [5.74, 6) is 1.55. The predicted octanol–water partition coefficient (Wildman–Crippen LogP) is 2.64. The number of benzene rings is 1. The van der Waals surface area contributed by atoms with E-state index in [0.29, 0.717) is 5.95 Å². The molecule has 0 aliphatic carbocycles. The zero-order chi connectivity index (χ0) is 19.9. The highest BCUT2D eigenvalue weighted by molar-refractivity contribution is 5.91. The number of hydrogen-bond acceptors (Lipinski definition) is 5. The summed E-state index contributed by atoms with van der Waals surface area (Å²) in [5.41, 5.74) is 8.07. The number of carbonyl (C=O) groups excluding carboxylic acids is 1. The van der Waals surface area contributed by atoms with E-state index in [1.165, 1.54) is 0 Å². The van der Waals surface area contributed by atoms with Crippen molar-refractivity contribution in [3.63, 3.8) is 0 Å². The lowest BCUT2D eigenvalue weighted by molar-refractivity contribution is -0.345. The van der Waals surface area contributed by atoms with E-state index in [1.807, 2.05) is 36.5 Å². The lowest BCUT2D eigenvalue weighted by Gasteiger charge is -2.14. The van der Waals surface area contributed by atoms with Crippen molar-refractivity contribution in [2.45, 2.75) is 26.2 Å². The summed E-state index contributed by atoms with van der Waals surface area (Å²) in [7, 11) is 1.75. The number of H-pyrrole nitrogens is 2. The Labute approximate surface area is 164 Å². The molecule has 0 saturated carbocycles. The molecule has 0 radical (unpaired) electrons. The van der Waals surface area contributed by atoms with E-state index in [-0.39, 0.29) is 5.91 Å². The van der Waals surface area contributed by atoms with Crippen LogP contribution in [0.5, 0.6) is 0 Å². The van der Waals surface area contributed by atoms with Crippen LogP contribution in [-0.4, -0.2) is 36.0 Å². The Kier molecular flexibility index (Phi) is 6.44. The van der Waals surface area contributed by atoms with Crippen molar-refractivity contribution in [1.29, 1.82) is 0 Å². The lowest BCUT2D eigenvalue weighted by atomic mass is 10.2. The van der Waals surface area contributed by atoms with E-state index >= 15 is 0 Å². The molecule has 0 unspecified atom stereocenters. The molecule has 2 aromatic heterocycles. The third-order valence-electron chi connectivity index (χ3n) is 4.63. The number of carbonyl (C=O) groups is 1. The minimum Gasteiger partial charge on any atom is -0.336 e. The van der Waals surface area contributed by atoms with Gasteiger partial charge in [-0.3, -0.25) is 10.1 Å². The monoisotopic (exact) mass is 382 g/mol. The van der Waals surface area contributed by atoms with E-state index in [4.69, 9.17) is 5.73 Å². The van der Waals surface area contributed by atoms with Crippen LogP contribution in [0.2, 0.25) is 0 Å². The van der Waals surface area contributed by atoms with Gasteiger partial charge in [-0.25, -0.2) is 4.98 Å². The van der Waals surface area contributed by atoms with Gasteiger partial charge < -0.3 is 20.9 Å². The molecule has 3 rings (SSSR count). The Balaban J connectivity index is 1.73. The van der Waals surface area contributed by atoms with Gasteiger partial charge >= 0.3 is 5.95 Å².